The van der Waals surface area contributed by atoms with E-state index in [1.807, 2.05) is 41.8 Å². The number of methoxy groups -OCH3 is 1. The van der Waals surface area contributed by atoms with E-state index in [0.717, 1.165) is 56.9 Å². The van der Waals surface area contributed by atoms with Gasteiger partial charge in [0.1, 0.15) is 12.6 Å². The van der Waals surface area contributed by atoms with Gasteiger partial charge < -0.3 is 19.3 Å². The van der Waals surface area contributed by atoms with Gasteiger partial charge in [0.15, 0.2) is 11.5 Å². The molecule has 34 heavy (non-hydrogen) atoms. The maximum Gasteiger partial charge on any atom is 0.250 e. The molecule has 0 bridgehead atoms. The highest BCUT2D eigenvalue weighted by Crippen LogP contribution is 2.39. The minimum absolute atomic E-state index is 0.0193. The van der Waals surface area contributed by atoms with Gasteiger partial charge >= 0.3 is 0 Å². The predicted molar refractivity (Wildman–Crippen MR) is 133 cm³/mol. The molecule has 2 saturated carbocycles. The topological polar surface area (TPSA) is 59.1 Å². The average molecular weight is 471 g/mol. The van der Waals surface area contributed by atoms with Gasteiger partial charge in [0.25, 0.3) is 5.91 Å². The smallest absolute Gasteiger partial charge is 0.250 e. The second-order valence-electron chi connectivity index (χ2n) is 10.5. The van der Waals surface area contributed by atoms with Gasteiger partial charge in [-0.3, -0.25) is 9.59 Å². The highest BCUT2D eigenvalue weighted by atomic mass is 16.5. The molecule has 6 nitrogen and oxygen atoms in total. The van der Waals surface area contributed by atoms with Crippen molar-refractivity contribution in [1.29, 1.82) is 0 Å². The van der Waals surface area contributed by atoms with Crippen molar-refractivity contribution in [3.63, 3.8) is 0 Å². The minimum Gasteiger partial charge on any atom is -0.493 e. The second kappa shape index (κ2) is 11.5. The Morgan fingerprint density at radius 2 is 1.41 bits per heavy atom. The normalized spacial score (nSPS) is 23.7. The van der Waals surface area contributed by atoms with E-state index in [2.05, 4.69) is 0 Å². The third-order valence-corrected chi connectivity index (χ3v) is 7.74. The lowest BCUT2D eigenvalue weighted by molar-refractivity contribution is -0.162. The molecule has 2 aliphatic carbocycles. The summed E-state index contributed by atoms with van der Waals surface area (Å²) >= 11 is 0. The summed E-state index contributed by atoms with van der Waals surface area (Å²) in [5.74, 6) is 1.45. The van der Waals surface area contributed by atoms with Gasteiger partial charge in [-0.15, -0.1) is 0 Å². The molecule has 0 aromatic heterocycles. The molecule has 0 N–H and O–H groups in total. The zero-order valence-electron chi connectivity index (χ0n) is 21.3. The fourth-order valence-electron chi connectivity index (χ4n) is 6.06. The van der Waals surface area contributed by atoms with E-state index in [9.17, 15) is 9.59 Å². The second-order valence-corrected chi connectivity index (χ2v) is 10.5. The number of piperazine rings is 1. The van der Waals surface area contributed by atoms with E-state index >= 15 is 0 Å². The van der Waals surface area contributed by atoms with E-state index in [-0.39, 0.29) is 36.5 Å². The lowest BCUT2D eigenvalue weighted by Gasteiger charge is -2.47. The van der Waals surface area contributed by atoms with Crippen LogP contribution in [0.15, 0.2) is 18.2 Å². The third kappa shape index (κ3) is 5.52. The Morgan fingerprint density at radius 1 is 0.824 bits per heavy atom. The van der Waals surface area contributed by atoms with Crippen LogP contribution in [0.4, 0.5) is 0 Å². The first-order valence-electron chi connectivity index (χ1n) is 13.5. The molecule has 0 radical (unpaired) electrons. The quantitative estimate of drug-likeness (QED) is 0.540. The number of hydrogen-bond donors (Lipinski definition) is 0. The molecule has 1 aliphatic heterocycles. The van der Waals surface area contributed by atoms with E-state index in [1.165, 1.54) is 25.7 Å². The Kier molecular flexibility index (Phi) is 8.38. The van der Waals surface area contributed by atoms with Crippen LogP contribution >= 0.6 is 0 Å². The SMILES string of the molecule is COc1cc([C@H]2C(=O)N(C3CCCCC3)CC(=O)N2C2CCCCCCC2)ccc1OC(C)C. The summed E-state index contributed by atoms with van der Waals surface area (Å²) in [4.78, 5) is 31.7. The first kappa shape index (κ1) is 24.9. The van der Waals surface area contributed by atoms with Gasteiger partial charge in [-0.1, -0.05) is 57.4 Å². The largest absolute Gasteiger partial charge is 0.493 e. The van der Waals surface area contributed by atoms with Crippen LogP contribution in [0.2, 0.25) is 0 Å². The van der Waals surface area contributed by atoms with Crippen molar-refractivity contribution in [3.8, 4) is 11.5 Å². The molecule has 0 unspecified atom stereocenters. The van der Waals surface area contributed by atoms with Gasteiger partial charge in [0, 0.05) is 12.1 Å². The zero-order valence-corrected chi connectivity index (χ0v) is 21.3. The van der Waals surface area contributed by atoms with Gasteiger partial charge in [0.05, 0.1) is 13.2 Å². The Morgan fingerprint density at radius 3 is 2.03 bits per heavy atom. The molecule has 188 valence electrons. The third-order valence-electron chi connectivity index (χ3n) is 7.74. The lowest BCUT2D eigenvalue weighted by atomic mass is 9.89. The molecule has 0 spiro atoms. The van der Waals surface area contributed by atoms with Crippen molar-refractivity contribution in [3.05, 3.63) is 23.8 Å². The summed E-state index contributed by atoms with van der Waals surface area (Å²) < 4.78 is 11.6. The van der Waals surface area contributed by atoms with E-state index < -0.39 is 6.04 Å². The summed E-state index contributed by atoms with van der Waals surface area (Å²) in [6, 6.07) is 5.46. The summed E-state index contributed by atoms with van der Waals surface area (Å²) in [5, 5.41) is 0. The first-order chi connectivity index (χ1) is 16.5. The van der Waals surface area contributed by atoms with Crippen LogP contribution in [0, 0.1) is 0 Å². The van der Waals surface area contributed by atoms with Crippen molar-refractivity contribution in [2.75, 3.05) is 13.7 Å². The Hall–Kier alpha value is -2.24. The fourth-order valence-corrected chi connectivity index (χ4v) is 6.06. The highest BCUT2D eigenvalue weighted by molar-refractivity contribution is 5.96. The summed E-state index contributed by atoms with van der Waals surface area (Å²) in [5.41, 5.74) is 0.828. The van der Waals surface area contributed by atoms with Crippen molar-refractivity contribution in [2.24, 2.45) is 0 Å². The summed E-state index contributed by atoms with van der Waals surface area (Å²) in [6.07, 6.45) is 13.4. The van der Waals surface area contributed by atoms with Crippen LogP contribution in [0.25, 0.3) is 0 Å². The number of rotatable bonds is 6. The first-order valence-corrected chi connectivity index (χ1v) is 13.5. The number of benzene rings is 1. The number of hydrogen-bond acceptors (Lipinski definition) is 4. The molecule has 1 atom stereocenters. The molecule has 6 heteroatoms. The zero-order chi connectivity index (χ0) is 24.1. The Labute approximate surface area is 205 Å². The van der Waals surface area contributed by atoms with Crippen LogP contribution in [-0.4, -0.2) is 53.5 Å². The average Bonchev–Trinajstić information content (AvgIpc) is 2.81. The predicted octanol–water partition coefficient (Wildman–Crippen LogP) is 5.64. The van der Waals surface area contributed by atoms with E-state index in [1.54, 1.807) is 7.11 Å². The molecule has 3 fully saturated rings. The maximum atomic E-state index is 14.1. The van der Waals surface area contributed by atoms with Crippen molar-refractivity contribution < 1.29 is 19.1 Å². The number of carbonyl (C=O) groups is 2. The van der Waals surface area contributed by atoms with Gasteiger partial charge in [-0.25, -0.2) is 0 Å². The van der Waals surface area contributed by atoms with Crippen LogP contribution in [0.5, 0.6) is 11.5 Å². The lowest BCUT2D eigenvalue weighted by Crippen LogP contribution is -2.60. The van der Waals surface area contributed by atoms with Gasteiger partial charge in [-0.2, -0.15) is 0 Å². The standard InChI is InChI=1S/C28H42N2O4/c1-20(2)34-24-17-16-21(18-25(24)33-3)27-28(32)29(22-12-10-7-11-13-22)19-26(31)30(27)23-14-8-5-4-6-9-15-23/h16-18,20,22-23,27H,4-15,19H2,1-3H3/t27-/m0/s1. The van der Waals surface area contributed by atoms with Gasteiger partial charge in [-0.05, 0) is 57.2 Å². The number of ether oxygens (including phenoxy) is 2. The number of nitrogens with zero attached hydrogens (tertiary/aromatic N) is 2. The highest BCUT2D eigenvalue weighted by Gasteiger charge is 2.45. The van der Waals surface area contributed by atoms with Crippen LogP contribution in [0.3, 0.4) is 0 Å². The Bertz CT molecular complexity index is 841. The number of carbonyl (C=O) groups excluding carboxylic acids is 2. The summed E-state index contributed by atoms with van der Waals surface area (Å²) in [7, 11) is 1.63. The fraction of sp³-hybridized carbons (Fsp3) is 0.714. The molecule has 1 heterocycles. The Balaban J connectivity index is 1.70. The molecule has 4 rings (SSSR count). The van der Waals surface area contributed by atoms with Crippen LogP contribution < -0.4 is 9.47 Å². The summed E-state index contributed by atoms with van der Waals surface area (Å²) in [6.45, 7) is 4.19. The molecule has 1 aromatic carbocycles. The van der Waals surface area contributed by atoms with Crippen molar-refractivity contribution >= 4 is 11.8 Å². The molecular formula is C28H42N2O4. The van der Waals surface area contributed by atoms with Crippen molar-refractivity contribution in [1.82, 2.24) is 9.80 Å². The molecule has 2 amide bonds. The van der Waals surface area contributed by atoms with Crippen molar-refractivity contribution in [2.45, 2.75) is 115 Å². The monoisotopic (exact) mass is 470 g/mol. The maximum absolute atomic E-state index is 14.1. The van der Waals surface area contributed by atoms with Crippen LogP contribution in [0.1, 0.15) is 103 Å². The number of amides is 2. The molecule has 1 saturated heterocycles. The van der Waals surface area contributed by atoms with Crippen LogP contribution in [-0.2, 0) is 9.59 Å². The van der Waals surface area contributed by atoms with E-state index in [4.69, 9.17) is 9.47 Å². The molecule has 3 aliphatic rings. The minimum atomic E-state index is -0.588. The molecular weight excluding hydrogens is 428 g/mol. The van der Waals surface area contributed by atoms with E-state index in [0.29, 0.717) is 11.5 Å². The van der Waals surface area contributed by atoms with Gasteiger partial charge in [0.2, 0.25) is 5.91 Å². The molecule has 1 aromatic rings.